The van der Waals surface area contributed by atoms with Gasteiger partial charge in [0.1, 0.15) is 0 Å². The molecule has 2 atom stereocenters. The number of nitrogens with one attached hydrogen (secondary N) is 2. The first kappa shape index (κ1) is 12.5. The monoisotopic (exact) mass is 212 g/mol. The zero-order valence-electron chi connectivity index (χ0n) is 10.3. The second-order valence-corrected chi connectivity index (χ2v) is 5.43. The number of amides is 1. The van der Waals surface area contributed by atoms with Crippen molar-refractivity contribution in [2.75, 3.05) is 6.54 Å². The van der Waals surface area contributed by atoms with Gasteiger partial charge in [0.15, 0.2) is 0 Å². The molecule has 1 fully saturated rings. The van der Waals surface area contributed by atoms with Gasteiger partial charge in [-0.3, -0.25) is 4.79 Å². The van der Waals surface area contributed by atoms with E-state index in [4.69, 9.17) is 0 Å². The van der Waals surface area contributed by atoms with Crippen LogP contribution >= 0.6 is 0 Å². The fourth-order valence-corrected chi connectivity index (χ4v) is 2.10. The number of rotatable bonds is 4. The van der Waals surface area contributed by atoms with E-state index in [0.717, 1.165) is 19.4 Å². The van der Waals surface area contributed by atoms with Gasteiger partial charge in [-0.25, -0.2) is 0 Å². The number of hydrogen-bond acceptors (Lipinski definition) is 2. The van der Waals surface area contributed by atoms with Crippen LogP contribution in [-0.2, 0) is 4.79 Å². The SMILES string of the molecule is CC(C)CC1NC[C@H](CC(C)C)NC1=O. The highest BCUT2D eigenvalue weighted by molar-refractivity contribution is 5.82. The van der Waals surface area contributed by atoms with E-state index in [9.17, 15) is 4.79 Å². The summed E-state index contributed by atoms with van der Waals surface area (Å²) in [7, 11) is 0. The van der Waals surface area contributed by atoms with Crippen molar-refractivity contribution in [1.82, 2.24) is 10.6 Å². The van der Waals surface area contributed by atoms with Gasteiger partial charge in [0, 0.05) is 12.6 Å². The van der Waals surface area contributed by atoms with Crippen molar-refractivity contribution in [3.63, 3.8) is 0 Å². The van der Waals surface area contributed by atoms with Gasteiger partial charge in [0.05, 0.1) is 6.04 Å². The lowest BCUT2D eigenvalue weighted by Crippen LogP contribution is -2.58. The molecule has 0 aliphatic carbocycles. The molecule has 1 aliphatic rings. The average Bonchev–Trinajstić information content (AvgIpc) is 2.08. The lowest BCUT2D eigenvalue weighted by molar-refractivity contribution is -0.126. The maximum absolute atomic E-state index is 11.7. The zero-order valence-corrected chi connectivity index (χ0v) is 10.3. The Morgan fingerprint density at radius 2 is 1.80 bits per heavy atom. The van der Waals surface area contributed by atoms with Crippen LogP contribution in [0.25, 0.3) is 0 Å². The molecular formula is C12H24N2O. The van der Waals surface area contributed by atoms with E-state index in [1.807, 2.05) is 0 Å². The third kappa shape index (κ3) is 4.20. The molecule has 0 spiro atoms. The summed E-state index contributed by atoms with van der Waals surface area (Å²) in [6.45, 7) is 9.59. The second-order valence-electron chi connectivity index (χ2n) is 5.43. The summed E-state index contributed by atoms with van der Waals surface area (Å²) >= 11 is 0. The van der Waals surface area contributed by atoms with Crippen LogP contribution in [0.15, 0.2) is 0 Å². The summed E-state index contributed by atoms with van der Waals surface area (Å²) in [5.41, 5.74) is 0. The Kier molecular flexibility index (Phi) is 4.58. The normalized spacial score (nSPS) is 27.2. The maximum atomic E-state index is 11.7. The molecule has 1 heterocycles. The summed E-state index contributed by atoms with van der Waals surface area (Å²) in [6, 6.07) is 0.342. The lowest BCUT2D eigenvalue weighted by atomic mass is 9.97. The molecule has 0 saturated carbocycles. The van der Waals surface area contributed by atoms with Gasteiger partial charge in [-0.15, -0.1) is 0 Å². The summed E-state index contributed by atoms with van der Waals surface area (Å²) in [5, 5.41) is 6.45. The predicted molar refractivity (Wildman–Crippen MR) is 62.6 cm³/mol. The van der Waals surface area contributed by atoms with Crippen molar-refractivity contribution < 1.29 is 4.79 Å². The van der Waals surface area contributed by atoms with E-state index in [2.05, 4.69) is 38.3 Å². The van der Waals surface area contributed by atoms with Gasteiger partial charge in [-0.2, -0.15) is 0 Å². The topological polar surface area (TPSA) is 41.1 Å². The van der Waals surface area contributed by atoms with Crippen LogP contribution in [0, 0.1) is 11.8 Å². The Labute approximate surface area is 93.0 Å². The standard InChI is InChI=1S/C12H24N2O/c1-8(2)5-10-7-13-11(6-9(3)4)12(15)14-10/h8-11,13H,5-7H2,1-4H3,(H,14,15)/t10-,11?/m0/s1. The van der Waals surface area contributed by atoms with E-state index in [1.54, 1.807) is 0 Å². The highest BCUT2D eigenvalue weighted by Gasteiger charge is 2.27. The Balaban J connectivity index is 2.37. The van der Waals surface area contributed by atoms with Crippen molar-refractivity contribution >= 4 is 5.91 Å². The molecule has 0 aromatic carbocycles. The minimum Gasteiger partial charge on any atom is -0.351 e. The van der Waals surface area contributed by atoms with Crippen LogP contribution < -0.4 is 10.6 Å². The van der Waals surface area contributed by atoms with Gasteiger partial charge in [-0.1, -0.05) is 27.7 Å². The lowest BCUT2D eigenvalue weighted by Gasteiger charge is -2.32. The Morgan fingerprint density at radius 1 is 1.20 bits per heavy atom. The highest BCUT2D eigenvalue weighted by Crippen LogP contribution is 2.11. The average molecular weight is 212 g/mol. The molecule has 0 radical (unpaired) electrons. The first-order valence-electron chi connectivity index (χ1n) is 6.02. The van der Waals surface area contributed by atoms with Crippen LogP contribution in [0.4, 0.5) is 0 Å². The molecule has 1 rings (SSSR count). The Bertz CT molecular complexity index is 214. The molecule has 1 amide bonds. The number of piperazine rings is 1. The first-order valence-corrected chi connectivity index (χ1v) is 6.02. The fourth-order valence-electron chi connectivity index (χ4n) is 2.10. The molecule has 1 unspecified atom stereocenters. The predicted octanol–water partition coefficient (Wildman–Crippen LogP) is 1.54. The number of carbonyl (C=O) groups is 1. The van der Waals surface area contributed by atoms with E-state index in [-0.39, 0.29) is 11.9 Å². The minimum atomic E-state index is 0.0217. The number of hydrogen-bond donors (Lipinski definition) is 2. The van der Waals surface area contributed by atoms with Gasteiger partial charge in [-0.05, 0) is 24.7 Å². The van der Waals surface area contributed by atoms with Crippen LogP contribution in [0.1, 0.15) is 40.5 Å². The molecule has 88 valence electrons. The van der Waals surface area contributed by atoms with E-state index in [1.165, 1.54) is 0 Å². The third-order valence-electron chi connectivity index (χ3n) is 2.74. The number of carbonyl (C=O) groups excluding carboxylic acids is 1. The van der Waals surface area contributed by atoms with Gasteiger partial charge in [0.25, 0.3) is 0 Å². The molecule has 3 nitrogen and oxygen atoms in total. The van der Waals surface area contributed by atoms with Crippen LogP contribution in [0.5, 0.6) is 0 Å². The Hall–Kier alpha value is -0.570. The molecule has 0 bridgehead atoms. The summed E-state index contributed by atoms with van der Waals surface area (Å²) < 4.78 is 0. The molecule has 1 aliphatic heterocycles. The van der Waals surface area contributed by atoms with E-state index < -0.39 is 0 Å². The summed E-state index contributed by atoms with van der Waals surface area (Å²) in [6.07, 6.45) is 1.99. The van der Waals surface area contributed by atoms with Crippen molar-refractivity contribution in [2.45, 2.75) is 52.6 Å². The smallest absolute Gasteiger partial charge is 0.237 e. The first-order chi connectivity index (χ1) is 6.99. The maximum Gasteiger partial charge on any atom is 0.237 e. The molecule has 3 heteroatoms. The van der Waals surface area contributed by atoms with Crippen molar-refractivity contribution in [3.8, 4) is 0 Å². The van der Waals surface area contributed by atoms with Crippen LogP contribution in [0.2, 0.25) is 0 Å². The summed E-state index contributed by atoms with van der Waals surface area (Å²) in [4.78, 5) is 11.7. The molecule has 2 N–H and O–H groups in total. The van der Waals surface area contributed by atoms with Gasteiger partial charge < -0.3 is 10.6 Å². The summed E-state index contributed by atoms with van der Waals surface area (Å²) in [5.74, 6) is 1.38. The van der Waals surface area contributed by atoms with Crippen molar-refractivity contribution in [2.24, 2.45) is 11.8 Å². The minimum absolute atomic E-state index is 0.0217. The fraction of sp³-hybridized carbons (Fsp3) is 0.917. The van der Waals surface area contributed by atoms with E-state index in [0.29, 0.717) is 17.9 Å². The Morgan fingerprint density at radius 3 is 2.27 bits per heavy atom. The highest BCUT2D eigenvalue weighted by atomic mass is 16.2. The molecule has 15 heavy (non-hydrogen) atoms. The second kappa shape index (κ2) is 5.50. The van der Waals surface area contributed by atoms with Crippen molar-refractivity contribution in [3.05, 3.63) is 0 Å². The molecular weight excluding hydrogens is 188 g/mol. The van der Waals surface area contributed by atoms with E-state index >= 15 is 0 Å². The molecule has 1 saturated heterocycles. The largest absolute Gasteiger partial charge is 0.351 e. The van der Waals surface area contributed by atoms with Gasteiger partial charge in [0.2, 0.25) is 5.91 Å². The van der Waals surface area contributed by atoms with Gasteiger partial charge >= 0.3 is 0 Å². The van der Waals surface area contributed by atoms with Crippen LogP contribution in [0.3, 0.4) is 0 Å². The molecule has 0 aromatic heterocycles. The molecule has 0 aromatic rings. The quantitative estimate of drug-likeness (QED) is 0.742. The third-order valence-corrected chi connectivity index (χ3v) is 2.74. The van der Waals surface area contributed by atoms with Crippen molar-refractivity contribution in [1.29, 1.82) is 0 Å². The van der Waals surface area contributed by atoms with Crippen LogP contribution in [-0.4, -0.2) is 24.5 Å². The zero-order chi connectivity index (χ0) is 11.4.